The van der Waals surface area contributed by atoms with Crippen molar-refractivity contribution in [2.75, 3.05) is 13.2 Å². The average Bonchev–Trinajstić information content (AvgIpc) is 2.77. The zero-order valence-electron chi connectivity index (χ0n) is 12.9. The van der Waals surface area contributed by atoms with E-state index < -0.39 is 0 Å². The molecule has 1 heterocycles. The molecule has 1 saturated heterocycles. The molecule has 0 aromatic heterocycles. The molecule has 0 amide bonds. The van der Waals surface area contributed by atoms with E-state index in [1.165, 1.54) is 16.7 Å². The first kappa shape index (κ1) is 14.5. The van der Waals surface area contributed by atoms with Gasteiger partial charge in [-0.15, -0.1) is 0 Å². The van der Waals surface area contributed by atoms with E-state index in [0.29, 0.717) is 5.92 Å². The Morgan fingerprint density at radius 2 is 2.00 bits per heavy atom. The fraction of sp³-hybridized carbons (Fsp3) is 0.647. The Morgan fingerprint density at radius 3 is 2.68 bits per heavy atom. The van der Waals surface area contributed by atoms with Crippen molar-refractivity contribution in [1.82, 2.24) is 5.32 Å². The van der Waals surface area contributed by atoms with Crippen LogP contribution in [0.25, 0.3) is 0 Å². The molecule has 0 bridgehead atoms. The van der Waals surface area contributed by atoms with Gasteiger partial charge in [-0.2, -0.15) is 0 Å². The second-order valence-electron chi connectivity index (χ2n) is 6.76. The minimum atomic E-state index is 0.175. The maximum absolute atomic E-state index is 6.01. The fourth-order valence-electron chi connectivity index (χ4n) is 2.71. The van der Waals surface area contributed by atoms with E-state index in [-0.39, 0.29) is 11.6 Å². The van der Waals surface area contributed by atoms with Crippen LogP contribution in [0.2, 0.25) is 0 Å². The molecule has 1 aromatic rings. The third kappa shape index (κ3) is 3.58. The molecular formula is C17H27NO. The summed E-state index contributed by atoms with van der Waals surface area (Å²) in [6, 6.07) is 6.55. The number of nitrogens with one attached hydrogen (secondary N) is 1. The van der Waals surface area contributed by atoms with Crippen molar-refractivity contribution in [2.24, 2.45) is 5.92 Å². The molecule has 0 aliphatic carbocycles. The van der Waals surface area contributed by atoms with Crippen LogP contribution in [0.3, 0.4) is 0 Å². The highest BCUT2D eigenvalue weighted by Crippen LogP contribution is 2.36. The minimum Gasteiger partial charge on any atom is -0.373 e. The van der Waals surface area contributed by atoms with Crippen LogP contribution < -0.4 is 5.32 Å². The Hall–Kier alpha value is -0.860. The third-order valence-electron chi connectivity index (χ3n) is 4.06. The Balaban J connectivity index is 2.12. The summed E-state index contributed by atoms with van der Waals surface area (Å²) in [5.74, 6) is 0.583. The summed E-state index contributed by atoms with van der Waals surface area (Å²) in [5.41, 5.74) is 4.29. The molecule has 1 aromatic carbocycles. The molecule has 0 spiro atoms. The third-order valence-corrected chi connectivity index (χ3v) is 4.06. The molecular weight excluding hydrogens is 234 g/mol. The van der Waals surface area contributed by atoms with E-state index in [2.05, 4.69) is 58.1 Å². The number of hydrogen-bond acceptors (Lipinski definition) is 2. The zero-order chi connectivity index (χ0) is 14.0. The summed E-state index contributed by atoms with van der Waals surface area (Å²) in [6.07, 6.45) is 1.41. The Morgan fingerprint density at radius 1 is 1.26 bits per heavy atom. The van der Waals surface area contributed by atoms with Gasteiger partial charge in [0.25, 0.3) is 0 Å². The Labute approximate surface area is 117 Å². The number of benzene rings is 1. The van der Waals surface area contributed by atoms with Crippen molar-refractivity contribution in [3.05, 3.63) is 34.9 Å². The molecule has 2 nitrogen and oxygen atoms in total. The summed E-state index contributed by atoms with van der Waals surface area (Å²) in [4.78, 5) is 0. The SMILES string of the molecule is Cc1cccc(C2OCCC2CNC(C)(C)C)c1C. The van der Waals surface area contributed by atoms with E-state index >= 15 is 0 Å². The summed E-state index contributed by atoms with van der Waals surface area (Å²) in [7, 11) is 0. The van der Waals surface area contributed by atoms with Gasteiger partial charge in [-0.25, -0.2) is 0 Å². The number of aryl methyl sites for hydroxylation is 1. The predicted molar refractivity (Wildman–Crippen MR) is 80.5 cm³/mol. The van der Waals surface area contributed by atoms with Crippen molar-refractivity contribution in [1.29, 1.82) is 0 Å². The van der Waals surface area contributed by atoms with Gasteiger partial charge in [-0.05, 0) is 57.7 Å². The standard InChI is InChI=1S/C17H27NO/c1-12-7-6-8-15(13(12)2)16-14(9-10-19-16)11-18-17(3,4)5/h6-8,14,16,18H,9-11H2,1-5H3. The van der Waals surface area contributed by atoms with Gasteiger partial charge in [-0.3, -0.25) is 0 Å². The molecule has 1 aliphatic rings. The lowest BCUT2D eigenvalue weighted by Crippen LogP contribution is -2.39. The van der Waals surface area contributed by atoms with Gasteiger partial charge >= 0.3 is 0 Å². The maximum atomic E-state index is 6.01. The minimum absolute atomic E-state index is 0.175. The first-order valence-electron chi connectivity index (χ1n) is 7.31. The van der Waals surface area contributed by atoms with E-state index in [9.17, 15) is 0 Å². The van der Waals surface area contributed by atoms with Gasteiger partial charge in [0.1, 0.15) is 0 Å². The highest BCUT2D eigenvalue weighted by Gasteiger charge is 2.31. The van der Waals surface area contributed by atoms with Crippen molar-refractivity contribution in [3.63, 3.8) is 0 Å². The van der Waals surface area contributed by atoms with Crippen molar-refractivity contribution in [2.45, 2.75) is 52.7 Å². The van der Waals surface area contributed by atoms with Crippen LogP contribution >= 0.6 is 0 Å². The summed E-state index contributed by atoms with van der Waals surface area (Å²) in [6.45, 7) is 13.0. The molecule has 1 fully saturated rings. The number of hydrogen-bond donors (Lipinski definition) is 1. The molecule has 106 valence electrons. The van der Waals surface area contributed by atoms with E-state index in [0.717, 1.165) is 19.6 Å². The lowest BCUT2D eigenvalue weighted by Gasteiger charge is -2.26. The van der Waals surface area contributed by atoms with Gasteiger partial charge in [0.2, 0.25) is 0 Å². The Bertz CT molecular complexity index is 433. The van der Waals surface area contributed by atoms with Gasteiger partial charge in [-0.1, -0.05) is 18.2 Å². The average molecular weight is 261 g/mol. The second kappa shape index (κ2) is 5.64. The topological polar surface area (TPSA) is 21.3 Å². The van der Waals surface area contributed by atoms with Crippen molar-refractivity contribution >= 4 is 0 Å². The lowest BCUT2D eigenvalue weighted by molar-refractivity contribution is 0.0884. The predicted octanol–water partition coefficient (Wildman–Crippen LogP) is 3.77. The van der Waals surface area contributed by atoms with E-state index in [1.54, 1.807) is 0 Å². The van der Waals surface area contributed by atoms with E-state index in [4.69, 9.17) is 4.74 Å². The van der Waals surface area contributed by atoms with Crippen LogP contribution in [0.1, 0.15) is 50.0 Å². The van der Waals surface area contributed by atoms with Gasteiger partial charge in [0, 0.05) is 24.6 Å². The summed E-state index contributed by atoms with van der Waals surface area (Å²) >= 11 is 0. The highest BCUT2D eigenvalue weighted by atomic mass is 16.5. The molecule has 2 atom stereocenters. The van der Waals surface area contributed by atoms with Gasteiger partial charge in [0.05, 0.1) is 6.10 Å². The highest BCUT2D eigenvalue weighted by molar-refractivity contribution is 5.35. The lowest BCUT2D eigenvalue weighted by atomic mass is 9.90. The van der Waals surface area contributed by atoms with E-state index in [1.807, 2.05) is 0 Å². The molecule has 0 radical (unpaired) electrons. The van der Waals surface area contributed by atoms with Gasteiger partial charge in [0.15, 0.2) is 0 Å². The fourth-order valence-corrected chi connectivity index (χ4v) is 2.71. The smallest absolute Gasteiger partial charge is 0.0868 e. The molecule has 1 N–H and O–H groups in total. The second-order valence-corrected chi connectivity index (χ2v) is 6.76. The van der Waals surface area contributed by atoms with Crippen LogP contribution in [0, 0.1) is 19.8 Å². The monoisotopic (exact) mass is 261 g/mol. The first-order valence-corrected chi connectivity index (χ1v) is 7.31. The van der Waals surface area contributed by atoms with Crippen LogP contribution in [0.15, 0.2) is 18.2 Å². The number of ether oxygens (including phenoxy) is 1. The van der Waals surface area contributed by atoms with Crippen LogP contribution in [-0.2, 0) is 4.74 Å². The summed E-state index contributed by atoms with van der Waals surface area (Å²) < 4.78 is 6.01. The summed E-state index contributed by atoms with van der Waals surface area (Å²) in [5, 5.41) is 3.62. The zero-order valence-corrected chi connectivity index (χ0v) is 12.9. The first-order chi connectivity index (χ1) is 8.88. The van der Waals surface area contributed by atoms with Crippen LogP contribution in [-0.4, -0.2) is 18.7 Å². The van der Waals surface area contributed by atoms with Gasteiger partial charge < -0.3 is 10.1 Å². The number of rotatable bonds is 3. The molecule has 2 heteroatoms. The molecule has 19 heavy (non-hydrogen) atoms. The molecule has 1 aliphatic heterocycles. The van der Waals surface area contributed by atoms with Crippen molar-refractivity contribution in [3.8, 4) is 0 Å². The Kier molecular flexibility index (Phi) is 4.32. The molecule has 0 saturated carbocycles. The normalized spacial score (nSPS) is 23.8. The van der Waals surface area contributed by atoms with Crippen molar-refractivity contribution < 1.29 is 4.74 Å². The largest absolute Gasteiger partial charge is 0.373 e. The quantitative estimate of drug-likeness (QED) is 0.894. The van der Waals surface area contributed by atoms with Crippen LogP contribution in [0.5, 0.6) is 0 Å². The molecule has 2 unspecified atom stereocenters. The van der Waals surface area contributed by atoms with Crippen LogP contribution in [0.4, 0.5) is 0 Å². The molecule has 2 rings (SSSR count). The maximum Gasteiger partial charge on any atom is 0.0868 e.